The highest BCUT2D eigenvalue weighted by Gasteiger charge is 2.08. The predicted molar refractivity (Wildman–Crippen MR) is 67.4 cm³/mol. The maximum absolute atomic E-state index is 13.1. The van der Waals surface area contributed by atoms with Crippen LogP contribution in [0.1, 0.15) is 20.3 Å². The second-order valence-corrected chi connectivity index (χ2v) is 4.48. The average Bonchev–Trinajstić information content (AvgIpc) is 2.22. The van der Waals surface area contributed by atoms with Gasteiger partial charge in [-0.25, -0.2) is 4.39 Å². The number of likely N-dealkylation sites (N-methyl/N-ethyl adjacent to an activating group) is 1. The summed E-state index contributed by atoms with van der Waals surface area (Å²) in [5.41, 5.74) is 0. The van der Waals surface area contributed by atoms with Crippen LogP contribution in [0.3, 0.4) is 0 Å². The fraction of sp³-hybridized carbons (Fsp3) is 0.500. The summed E-state index contributed by atoms with van der Waals surface area (Å²) in [7, 11) is 0. The molecular formula is C12H17BrFNO. The van der Waals surface area contributed by atoms with Gasteiger partial charge in [0.15, 0.2) is 0 Å². The van der Waals surface area contributed by atoms with Crippen LogP contribution in [0.4, 0.5) is 4.39 Å². The van der Waals surface area contributed by atoms with Crippen molar-refractivity contribution in [2.24, 2.45) is 0 Å². The lowest BCUT2D eigenvalue weighted by molar-refractivity contribution is 0.193. The van der Waals surface area contributed by atoms with Gasteiger partial charge < -0.3 is 10.1 Å². The molecule has 0 aliphatic carbocycles. The third kappa shape index (κ3) is 4.49. The van der Waals surface area contributed by atoms with E-state index in [0.717, 1.165) is 19.5 Å². The lowest BCUT2D eigenvalue weighted by Crippen LogP contribution is -2.30. The Morgan fingerprint density at radius 2 is 2.12 bits per heavy atom. The van der Waals surface area contributed by atoms with Gasteiger partial charge in [-0.3, -0.25) is 0 Å². The largest absolute Gasteiger partial charge is 0.489 e. The molecule has 0 saturated heterocycles. The van der Waals surface area contributed by atoms with E-state index >= 15 is 0 Å². The van der Waals surface area contributed by atoms with Crippen LogP contribution in [0.15, 0.2) is 22.7 Å². The van der Waals surface area contributed by atoms with E-state index in [4.69, 9.17) is 4.74 Å². The van der Waals surface area contributed by atoms with Crippen LogP contribution in [0, 0.1) is 5.82 Å². The molecule has 1 aromatic rings. The third-order valence-electron chi connectivity index (χ3n) is 2.22. The number of ether oxygens (including phenoxy) is 1. The summed E-state index contributed by atoms with van der Waals surface area (Å²) >= 11 is 3.24. The van der Waals surface area contributed by atoms with Gasteiger partial charge in [-0.05, 0) is 25.1 Å². The van der Waals surface area contributed by atoms with Gasteiger partial charge in [0.05, 0.1) is 0 Å². The van der Waals surface area contributed by atoms with Gasteiger partial charge in [0.25, 0.3) is 0 Å². The lowest BCUT2D eigenvalue weighted by Gasteiger charge is -2.18. The minimum absolute atomic E-state index is 0.0775. The van der Waals surface area contributed by atoms with Crippen LogP contribution in [0.5, 0.6) is 5.75 Å². The maximum Gasteiger partial charge on any atom is 0.128 e. The number of halogens is 2. The van der Waals surface area contributed by atoms with Crippen molar-refractivity contribution in [3.63, 3.8) is 0 Å². The van der Waals surface area contributed by atoms with E-state index in [2.05, 4.69) is 28.2 Å². The van der Waals surface area contributed by atoms with E-state index < -0.39 is 0 Å². The highest BCUT2D eigenvalue weighted by atomic mass is 79.9. The zero-order valence-electron chi connectivity index (χ0n) is 9.59. The molecule has 0 radical (unpaired) electrons. The molecular weight excluding hydrogens is 273 g/mol. The van der Waals surface area contributed by atoms with Crippen molar-refractivity contribution in [2.45, 2.75) is 26.4 Å². The number of hydrogen-bond donors (Lipinski definition) is 1. The zero-order chi connectivity index (χ0) is 12.0. The predicted octanol–water partition coefficient (Wildman–Crippen LogP) is 3.36. The monoisotopic (exact) mass is 289 g/mol. The van der Waals surface area contributed by atoms with Gasteiger partial charge >= 0.3 is 0 Å². The molecule has 1 N–H and O–H groups in total. The average molecular weight is 290 g/mol. The quantitative estimate of drug-likeness (QED) is 0.867. The van der Waals surface area contributed by atoms with Gasteiger partial charge in [-0.2, -0.15) is 0 Å². The van der Waals surface area contributed by atoms with E-state index in [9.17, 15) is 4.39 Å². The molecule has 0 aliphatic rings. The van der Waals surface area contributed by atoms with Gasteiger partial charge in [0.1, 0.15) is 17.7 Å². The summed E-state index contributed by atoms with van der Waals surface area (Å²) in [6.07, 6.45) is 0.967. The number of hydrogen-bond acceptors (Lipinski definition) is 2. The second-order valence-electron chi connectivity index (χ2n) is 3.56. The molecule has 1 aromatic carbocycles. The Labute approximate surface area is 104 Å². The SMILES string of the molecule is CCNCC(CC)Oc1cc(F)cc(Br)c1. The molecule has 2 nitrogen and oxygen atoms in total. The summed E-state index contributed by atoms with van der Waals surface area (Å²) in [6.45, 7) is 5.79. The minimum atomic E-state index is -0.289. The van der Waals surface area contributed by atoms with Crippen LogP contribution in [-0.4, -0.2) is 19.2 Å². The van der Waals surface area contributed by atoms with Crippen LogP contribution in [0.25, 0.3) is 0 Å². The molecule has 1 rings (SSSR count). The first-order valence-corrected chi connectivity index (χ1v) is 6.28. The first-order chi connectivity index (χ1) is 7.65. The van der Waals surface area contributed by atoms with Crippen LogP contribution >= 0.6 is 15.9 Å². The molecule has 0 aromatic heterocycles. The molecule has 1 unspecified atom stereocenters. The minimum Gasteiger partial charge on any atom is -0.489 e. The van der Waals surface area contributed by atoms with E-state index in [1.165, 1.54) is 12.1 Å². The van der Waals surface area contributed by atoms with Crippen molar-refractivity contribution in [3.8, 4) is 5.75 Å². The van der Waals surface area contributed by atoms with E-state index in [1.54, 1.807) is 6.07 Å². The van der Waals surface area contributed by atoms with Crippen molar-refractivity contribution in [3.05, 3.63) is 28.5 Å². The Morgan fingerprint density at radius 1 is 1.38 bits per heavy atom. The number of rotatable bonds is 6. The van der Waals surface area contributed by atoms with Crippen LogP contribution in [0.2, 0.25) is 0 Å². The fourth-order valence-corrected chi connectivity index (χ4v) is 1.81. The third-order valence-corrected chi connectivity index (χ3v) is 2.67. The number of nitrogens with one attached hydrogen (secondary N) is 1. The van der Waals surface area contributed by atoms with Crippen molar-refractivity contribution >= 4 is 15.9 Å². The van der Waals surface area contributed by atoms with E-state index in [0.29, 0.717) is 10.2 Å². The summed E-state index contributed by atoms with van der Waals surface area (Å²) in [6, 6.07) is 4.59. The lowest BCUT2D eigenvalue weighted by atomic mass is 10.2. The standard InChI is InChI=1S/C12H17BrFNO/c1-3-11(8-15-4-2)16-12-6-9(13)5-10(14)7-12/h5-7,11,15H,3-4,8H2,1-2H3. The zero-order valence-corrected chi connectivity index (χ0v) is 11.2. The second kappa shape index (κ2) is 6.86. The van der Waals surface area contributed by atoms with Gasteiger partial charge in [0, 0.05) is 17.1 Å². The molecule has 0 spiro atoms. The molecule has 0 amide bonds. The van der Waals surface area contributed by atoms with Crippen molar-refractivity contribution in [2.75, 3.05) is 13.1 Å². The summed E-state index contributed by atoms with van der Waals surface area (Å²) < 4.78 is 19.5. The Hall–Kier alpha value is -0.610. The topological polar surface area (TPSA) is 21.3 Å². The van der Waals surface area contributed by atoms with E-state index in [-0.39, 0.29) is 11.9 Å². The molecule has 0 bridgehead atoms. The molecule has 16 heavy (non-hydrogen) atoms. The first-order valence-electron chi connectivity index (χ1n) is 5.49. The van der Waals surface area contributed by atoms with Gasteiger partial charge in [-0.1, -0.05) is 29.8 Å². The fourth-order valence-electron chi connectivity index (χ4n) is 1.36. The summed E-state index contributed by atoms with van der Waals surface area (Å²) in [4.78, 5) is 0. The highest BCUT2D eigenvalue weighted by molar-refractivity contribution is 9.10. The van der Waals surface area contributed by atoms with Crippen molar-refractivity contribution in [1.29, 1.82) is 0 Å². The molecule has 0 saturated carbocycles. The molecule has 90 valence electrons. The Balaban J connectivity index is 2.62. The normalized spacial score (nSPS) is 12.5. The van der Waals surface area contributed by atoms with Crippen molar-refractivity contribution < 1.29 is 9.13 Å². The smallest absolute Gasteiger partial charge is 0.128 e. The number of benzene rings is 1. The molecule has 0 aliphatic heterocycles. The van der Waals surface area contributed by atoms with E-state index in [1.807, 2.05) is 6.92 Å². The Morgan fingerprint density at radius 3 is 2.69 bits per heavy atom. The summed E-state index contributed by atoms with van der Waals surface area (Å²) in [5.74, 6) is 0.277. The Bertz CT molecular complexity index is 313. The van der Waals surface area contributed by atoms with Crippen LogP contribution in [-0.2, 0) is 0 Å². The molecule has 4 heteroatoms. The van der Waals surface area contributed by atoms with Gasteiger partial charge in [0.2, 0.25) is 0 Å². The molecule has 0 heterocycles. The van der Waals surface area contributed by atoms with Gasteiger partial charge in [-0.15, -0.1) is 0 Å². The summed E-state index contributed by atoms with van der Waals surface area (Å²) in [5, 5.41) is 3.22. The molecule has 0 fully saturated rings. The first kappa shape index (κ1) is 13.5. The highest BCUT2D eigenvalue weighted by Crippen LogP contribution is 2.21. The van der Waals surface area contributed by atoms with Crippen molar-refractivity contribution in [1.82, 2.24) is 5.32 Å². The molecule has 1 atom stereocenters. The maximum atomic E-state index is 13.1. The van der Waals surface area contributed by atoms with Crippen LogP contribution < -0.4 is 10.1 Å². The Kier molecular flexibility index (Phi) is 5.77.